The molecule has 0 bridgehead atoms. The molecule has 4 aromatic heterocycles. The second-order valence-corrected chi connectivity index (χ2v) is 14.5. The number of furan rings is 1. The van der Waals surface area contributed by atoms with Crippen LogP contribution in [0.2, 0.25) is 0 Å². The van der Waals surface area contributed by atoms with Gasteiger partial charge in [-0.15, -0.1) is 0 Å². The molecule has 0 saturated carbocycles. The van der Waals surface area contributed by atoms with E-state index in [4.69, 9.17) is 14.4 Å². The van der Waals surface area contributed by atoms with Crippen LogP contribution in [0.1, 0.15) is 0 Å². The van der Waals surface area contributed by atoms with Crippen LogP contribution in [0.4, 0.5) is 0 Å². The molecule has 0 amide bonds. The number of hydrogen-bond donors (Lipinski definition) is 0. The number of fused-ring (bicyclic) bond motifs is 10. The molecule has 0 N–H and O–H groups in total. The molecule has 5 heteroatoms. The molecule has 4 heterocycles. The summed E-state index contributed by atoms with van der Waals surface area (Å²) in [6.07, 6.45) is 0. The van der Waals surface area contributed by atoms with Crippen LogP contribution in [0.15, 0.2) is 199 Å². The van der Waals surface area contributed by atoms with Crippen LogP contribution >= 0.6 is 0 Å². The summed E-state index contributed by atoms with van der Waals surface area (Å²) in [6, 6.07) is 68.1. The van der Waals surface area contributed by atoms with Gasteiger partial charge in [0.05, 0.1) is 39.1 Å². The van der Waals surface area contributed by atoms with E-state index in [2.05, 4.69) is 167 Å². The molecule has 12 aromatic rings. The standard InChI is InChI=1S/C52H32N4O/c1-4-16-33(17-5-1)43-32-44(54-52(53-43)34-18-6-2-7-19-34)42-26-14-24-40-41-25-15-29-47(51(41)57-50(40)42)56-46-28-13-11-23-37(46)39-31-30-38-36-22-10-12-27-45(36)55(48(38)49(39)56)35-20-8-3-9-21-35/h1-32H. The summed E-state index contributed by atoms with van der Waals surface area (Å²) in [5.41, 5.74) is 12.9. The average molecular weight is 729 g/mol. The molecule has 12 rings (SSSR count). The largest absolute Gasteiger partial charge is 0.453 e. The van der Waals surface area contributed by atoms with Crippen LogP contribution < -0.4 is 0 Å². The number of para-hydroxylation sites is 5. The van der Waals surface area contributed by atoms with E-state index in [0.717, 1.165) is 77.9 Å². The lowest BCUT2D eigenvalue weighted by molar-refractivity contribution is 0.667. The van der Waals surface area contributed by atoms with Crippen LogP contribution in [0.25, 0.3) is 111 Å². The molecular formula is C52H32N4O. The smallest absolute Gasteiger partial charge is 0.160 e. The molecule has 0 fully saturated rings. The van der Waals surface area contributed by atoms with Crippen molar-refractivity contribution >= 4 is 65.6 Å². The minimum absolute atomic E-state index is 0.670. The van der Waals surface area contributed by atoms with E-state index in [0.29, 0.717) is 5.82 Å². The van der Waals surface area contributed by atoms with E-state index < -0.39 is 0 Å². The van der Waals surface area contributed by atoms with E-state index in [1.807, 2.05) is 36.4 Å². The van der Waals surface area contributed by atoms with E-state index in [-0.39, 0.29) is 0 Å². The van der Waals surface area contributed by atoms with Crippen LogP contribution in [0.5, 0.6) is 0 Å². The Hall–Kier alpha value is -7.76. The molecule has 0 aliphatic carbocycles. The van der Waals surface area contributed by atoms with Crippen LogP contribution in [0.3, 0.4) is 0 Å². The minimum atomic E-state index is 0.670. The molecule has 57 heavy (non-hydrogen) atoms. The fourth-order valence-corrected chi connectivity index (χ4v) is 8.84. The predicted molar refractivity (Wildman–Crippen MR) is 234 cm³/mol. The van der Waals surface area contributed by atoms with Crippen molar-refractivity contribution in [2.24, 2.45) is 0 Å². The molecule has 0 radical (unpaired) electrons. The Kier molecular flexibility index (Phi) is 6.86. The van der Waals surface area contributed by atoms with Crippen molar-refractivity contribution in [2.45, 2.75) is 0 Å². The third kappa shape index (κ3) is 4.76. The highest BCUT2D eigenvalue weighted by Gasteiger charge is 2.24. The van der Waals surface area contributed by atoms with Gasteiger partial charge in [0.2, 0.25) is 0 Å². The Morgan fingerprint density at radius 1 is 0.368 bits per heavy atom. The second kappa shape index (κ2) is 12.4. The Morgan fingerprint density at radius 3 is 1.60 bits per heavy atom. The number of aromatic nitrogens is 4. The molecule has 0 aliphatic rings. The van der Waals surface area contributed by atoms with Gasteiger partial charge in [0.25, 0.3) is 0 Å². The predicted octanol–water partition coefficient (Wildman–Crippen LogP) is 13.6. The maximum Gasteiger partial charge on any atom is 0.160 e. The third-order valence-corrected chi connectivity index (χ3v) is 11.3. The van der Waals surface area contributed by atoms with Crippen LogP contribution in [-0.2, 0) is 0 Å². The molecule has 5 nitrogen and oxygen atoms in total. The van der Waals surface area contributed by atoms with Crippen molar-refractivity contribution in [1.29, 1.82) is 0 Å². The number of nitrogens with zero attached hydrogens (tertiary/aromatic N) is 4. The van der Waals surface area contributed by atoms with Gasteiger partial charge in [-0.3, -0.25) is 0 Å². The summed E-state index contributed by atoms with van der Waals surface area (Å²) in [4.78, 5) is 10.2. The topological polar surface area (TPSA) is 48.8 Å². The fraction of sp³-hybridized carbons (Fsp3) is 0. The van der Waals surface area contributed by atoms with Gasteiger partial charge in [-0.25, -0.2) is 9.97 Å². The van der Waals surface area contributed by atoms with Gasteiger partial charge in [-0.1, -0.05) is 152 Å². The van der Waals surface area contributed by atoms with Gasteiger partial charge in [0, 0.05) is 54.7 Å². The van der Waals surface area contributed by atoms with Gasteiger partial charge in [0.1, 0.15) is 5.58 Å². The highest BCUT2D eigenvalue weighted by Crippen LogP contribution is 2.44. The monoisotopic (exact) mass is 728 g/mol. The molecular weight excluding hydrogens is 697 g/mol. The summed E-state index contributed by atoms with van der Waals surface area (Å²) in [5.74, 6) is 0.670. The summed E-state index contributed by atoms with van der Waals surface area (Å²) >= 11 is 0. The zero-order chi connectivity index (χ0) is 37.5. The maximum atomic E-state index is 7.18. The molecule has 0 saturated heterocycles. The summed E-state index contributed by atoms with van der Waals surface area (Å²) in [5, 5.41) is 6.89. The maximum absolute atomic E-state index is 7.18. The normalized spacial score (nSPS) is 11.9. The lowest BCUT2D eigenvalue weighted by Crippen LogP contribution is -1.98. The van der Waals surface area contributed by atoms with Gasteiger partial charge >= 0.3 is 0 Å². The summed E-state index contributed by atoms with van der Waals surface area (Å²) in [6.45, 7) is 0. The van der Waals surface area contributed by atoms with Crippen molar-refractivity contribution < 1.29 is 4.42 Å². The lowest BCUT2D eigenvalue weighted by atomic mass is 10.0. The van der Waals surface area contributed by atoms with Gasteiger partial charge in [0.15, 0.2) is 11.4 Å². The van der Waals surface area contributed by atoms with E-state index in [1.165, 1.54) is 27.1 Å². The molecule has 0 spiro atoms. The second-order valence-electron chi connectivity index (χ2n) is 14.5. The number of rotatable bonds is 5. The first-order chi connectivity index (χ1) is 28.3. The minimum Gasteiger partial charge on any atom is -0.453 e. The Bertz CT molecular complexity index is 3450. The van der Waals surface area contributed by atoms with Crippen molar-refractivity contribution in [3.05, 3.63) is 194 Å². The zero-order valence-corrected chi connectivity index (χ0v) is 30.7. The van der Waals surface area contributed by atoms with Crippen molar-refractivity contribution in [1.82, 2.24) is 19.1 Å². The van der Waals surface area contributed by atoms with E-state index in [1.54, 1.807) is 0 Å². The highest BCUT2D eigenvalue weighted by molar-refractivity contribution is 6.24. The fourth-order valence-electron chi connectivity index (χ4n) is 8.84. The first-order valence-corrected chi connectivity index (χ1v) is 19.3. The Balaban J connectivity index is 1.17. The van der Waals surface area contributed by atoms with Crippen molar-refractivity contribution in [3.8, 4) is 45.3 Å². The van der Waals surface area contributed by atoms with Gasteiger partial charge in [-0.05, 0) is 42.5 Å². The average Bonchev–Trinajstić information content (AvgIpc) is 3.95. The summed E-state index contributed by atoms with van der Waals surface area (Å²) in [7, 11) is 0. The Morgan fingerprint density at radius 2 is 0.895 bits per heavy atom. The SMILES string of the molecule is c1ccc(-c2cc(-c3cccc4c3oc3c(-n5c6ccccc6c6ccc7c8ccccc8n(-c8ccccc8)c7c65)cccc34)nc(-c3ccccc3)n2)cc1. The molecule has 0 aliphatic heterocycles. The Labute approximate surface area is 327 Å². The quantitative estimate of drug-likeness (QED) is 0.177. The van der Waals surface area contributed by atoms with E-state index >= 15 is 0 Å². The molecule has 0 unspecified atom stereocenters. The van der Waals surface area contributed by atoms with Crippen molar-refractivity contribution in [2.75, 3.05) is 0 Å². The highest BCUT2D eigenvalue weighted by atomic mass is 16.3. The number of benzene rings is 8. The third-order valence-electron chi connectivity index (χ3n) is 11.3. The van der Waals surface area contributed by atoms with Gasteiger partial charge < -0.3 is 13.6 Å². The summed E-state index contributed by atoms with van der Waals surface area (Å²) < 4.78 is 12.0. The van der Waals surface area contributed by atoms with E-state index in [9.17, 15) is 0 Å². The first kappa shape index (κ1) is 31.6. The molecule has 0 atom stereocenters. The van der Waals surface area contributed by atoms with Crippen LogP contribution in [-0.4, -0.2) is 19.1 Å². The zero-order valence-electron chi connectivity index (χ0n) is 30.7. The van der Waals surface area contributed by atoms with Crippen molar-refractivity contribution in [3.63, 3.8) is 0 Å². The lowest BCUT2D eigenvalue weighted by Gasteiger charge is -2.12. The molecule has 266 valence electrons. The molecule has 8 aromatic carbocycles. The number of hydrogen-bond acceptors (Lipinski definition) is 3. The first-order valence-electron chi connectivity index (χ1n) is 19.3. The van der Waals surface area contributed by atoms with Gasteiger partial charge in [-0.2, -0.15) is 0 Å². The van der Waals surface area contributed by atoms with Crippen LogP contribution in [0, 0.1) is 0 Å².